The van der Waals surface area contributed by atoms with Gasteiger partial charge in [-0.2, -0.15) is 0 Å². The minimum Gasteiger partial charge on any atom is -0.503 e. The molecule has 0 radical (unpaired) electrons. The highest BCUT2D eigenvalue weighted by molar-refractivity contribution is 6.19. The van der Waals surface area contributed by atoms with Gasteiger partial charge in [0.25, 0.3) is 0 Å². The fourth-order valence-corrected chi connectivity index (χ4v) is 2.48. The third kappa shape index (κ3) is 4.38. The minimum absolute atomic E-state index is 0.0232. The molecule has 0 unspecified atom stereocenters. The molecule has 0 aromatic heterocycles. The second-order valence-electron chi connectivity index (χ2n) is 5.19. The summed E-state index contributed by atoms with van der Waals surface area (Å²) in [5.41, 5.74) is 2.11. The standard InChI is InChI=1S/C19H19NO5/c1-24-12-17(19(21)22)15-8-3-4-9-16(15)18(20-23)11-13-6-5-7-14(10-13)25-2/h3-10,12,23H,11H2,1-2H3,(H,21,22). The van der Waals surface area contributed by atoms with Crippen molar-refractivity contribution in [3.05, 3.63) is 71.5 Å². The van der Waals surface area contributed by atoms with Crippen LogP contribution in [0.1, 0.15) is 16.7 Å². The highest BCUT2D eigenvalue weighted by Crippen LogP contribution is 2.23. The van der Waals surface area contributed by atoms with Gasteiger partial charge in [-0.25, -0.2) is 4.79 Å². The zero-order chi connectivity index (χ0) is 18.2. The molecule has 0 fully saturated rings. The molecule has 0 saturated heterocycles. The van der Waals surface area contributed by atoms with Gasteiger partial charge >= 0.3 is 5.97 Å². The van der Waals surface area contributed by atoms with E-state index in [9.17, 15) is 15.1 Å². The minimum atomic E-state index is -1.13. The molecule has 0 heterocycles. The first-order valence-electron chi connectivity index (χ1n) is 7.50. The van der Waals surface area contributed by atoms with Gasteiger partial charge in [-0.3, -0.25) is 0 Å². The van der Waals surface area contributed by atoms with Crippen LogP contribution in [0.4, 0.5) is 0 Å². The van der Waals surface area contributed by atoms with Crippen molar-refractivity contribution < 1.29 is 24.6 Å². The third-order valence-corrected chi connectivity index (χ3v) is 3.62. The number of carboxylic acid groups (broad SMARTS) is 1. The van der Waals surface area contributed by atoms with E-state index < -0.39 is 5.97 Å². The Morgan fingerprint density at radius 3 is 2.44 bits per heavy atom. The summed E-state index contributed by atoms with van der Waals surface area (Å²) in [5.74, 6) is -0.443. The molecule has 0 aliphatic heterocycles. The zero-order valence-electron chi connectivity index (χ0n) is 14.0. The average molecular weight is 341 g/mol. The Bertz CT molecular complexity index is 811. The van der Waals surface area contributed by atoms with E-state index in [-0.39, 0.29) is 5.57 Å². The van der Waals surface area contributed by atoms with E-state index in [1.54, 1.807) is 31.4 Å². The van der Waals surface area contributed by atoms with Crippen molar-refractivity contribution in [1.29, 1.82) is 0 Å². The van der Waals surface area contributed by atoms with E-state index >= 15 is 0 Å². The number of hydrogen-bond donors (Lipinski definition) is 2. The monoisotopic (exact) mass is 341 g/mol. The molecule has 0 saturated carbocycles. The summed E-state index contributed by atoms with van der Waals surface area (Å²) in [4.78, 5) is 11.5. The maximum Gasteiger partial charge on any atom is 0.339 e. The van der Waals surface area contributed by atoms with Crippen LogP contribution in [0.15, 0.2) is 59.9 Å². The smallest absolute Gasteiger partial charge is 0.339 e. The summed E-state index contributed by atoms with van der Waals surface area (Å²) in [5, 5.41) is 22.3. The second kappa shape index (κ2) is 8.54. The van der Waals surface area contributed by atoms with Gasteiger partial charge in [0, 0.05) is 17.5 Å². The van der Waals surface area contributed by atoms with E-state index in [2.05, 4.69) is 5.16 Å². The molecule has 0 amide bonds. The SMILES string of the molecule is COC=C(C(=O)O)c1ccccc1C(Cc1cccc(OC)c1)=NO. The fourth-order valence-electron chi connectivity index (χ4n) is 2.48. The summed E-state index contributed by atoms with van der Waals surface area (Å²) in [6, 6.07) is 14.2. The van der Waals surface area contributed by atoms with Crippen LogP contribution in [0.3, 0.4) is 0 Å². The Labute approximate surface area is 145 Å². The van der Waals surface area contributed by atoms with Crippen LogP contribution in [0.2, 0.25) is 0 Å². The van der Waals surface area contributed by atoms with E-state index in [0.29, 0.717) is 29.0 Å². The number of aliphatic carboxylic acids is 1. The predicted molar refractivity (Wildman–Crippen MR) is 94.1 cm³/mol. The predicted octanol–water partition coefficient (Wildman–Crippen LogP) is 3.19. The lowest BCUT2D eigenvalue weighted by Crippen LogP contribution is -2.11. The number of oxime groups is 1. The molecule has 6 heteroatoms. The molecule has 2 rings (SSSR count). The lowest BCUT2D eigenvalue weighted by Gasteiger charge is -2.12. The molecule has 0 aliphatic rings. The number of carbonyl (C=O) groups is 1. The second-order valence-corrected chi connectivity index (χ2v) is 5.19. The topological polar surface area (TPSA) is 88.4 Å². The molecule has 0 atom stereocenters. The molecule has 2 N–H and O–H groups in total. The number of nitrogens with zero attached hydrogens (tertiary/aromatic N) is 1. The van der Waals surface area contributed by atoms with Crippen molar-refractivity contribution in [2.24, 2.45) is 5.16 Å². The lowest BCUT2D eigenvalue weighted by atomic mass is 9.94. The number of ether oxygens (including phenoxy) is 2. The van der Waals surface area contributed by atoms with Crippen LogP contribution in [0.5, 0.6) is 5.75 Å². The average Bonchev–Trinajstić information content (AvgIpc) is 2.64. The molecular weight excluding hydrogens is 322 g/mol. The van der Waals surface area contributed by atoms with Crippen molar-refractivity contribution in [3.63, 3.8) is 0 Å². The van der Waals surface area contributed by atoms with Crippen LogP contribution in [-0.2, 0) is 16.0 Å². The summed E-state index contributed by atoms with van der Waals surface area (Å²) >= 11 is 0. The quantitative estimate of drug-likeness (QED) is 0.265. The Morgan fingerprint density at radius 1 is 1.12 bits per heavy atom. The molecule has 2 aromatic carbocycles. The molecule has 0 bridgehead atoms. The highest BCUT2D eigenvalue weighted by atomic mass is 16.5. The molecule has 0 spiro atoms. The van der Waals surface area contributed by atoms with Gasteiger partial charge in [-0.15, -0.1) is 0 Å². The summed E-state index contributed by atoms with van der Waals surface area (Å²) in [6.07, 6.45) is 1.46. The summed E-state index contributed by atoms with van der Waals surface area (Å²) < 4.78 is 10.1. The maximum absolute atomic E-state index is 11.5. The van der Waals surface area contributed by atoms with E-state index in [0.717, 1.165) is 11.8 Å². The van der Waals surface area contributed by atoms with Gasteiger partial charge in [-0.1, -0.05) is 41.6 Å². The number of hydrogen-bond acceptors (Lipinski definition) is 5. The van der Waals surface area contributed by atoms with Gasteiger partial charge in [0.15, 0.2) is 0 Å². The molecular formula is C19H19NO5. The van der Waals surface area contributed by atoms with Crippen LogP contribution >= 0.6 is 0 Å². The van der Waals surface area contributed by atoms with Gasteiger partial charge in [0.05, 0.1) is 26.2 Å². The number of methoxy groups -OCH3 is 2. The Hall–Kier alpha value is -3.28. The van der Waals surface area contributed by atoms with E-state index in [4.69, 9.17) is 9.47 Å². The first kappa shape index (κ1) is 18.1. The fraction of sp³-hybridized carbons (Fsp3) is 0.158. The number of rotatable bonds is 7. The molecule has 2 aromatic rings. The largest absolute Gasteiger partial charge is 0.503 e. The third-order valence-electron chi connectivity index (χ3n) is 3.62. The van der Waals surface area contributed by atoms with Gasteiger partial charge in [-0.05, 0) is 17.7 Å². The van der Waals surface area contributed by atoms with Crippen LogP contribution < -0.4 is 4.74 Å². The summed E-state index contributed by atoms with van der Waals surface area (Å²) in [6.45, 7) is 0. The Kier molecular flexibility index (Phi) is 6.17. The van der Waals surface area contributed by atoms with Crippen LogP contribution in [-0.4, -0.2) is 36.2 Å². The van der Waals surface area contributed by atoms with Gasteiger partial charge < -0.3 is 19.8 Å². The summed E-state index contributed by atoms with van der Waals surface area (Å²) in [7, 11) is 2.95. The van der Waals surface area contributed by atoms with Crippen molar-refractivity contribution >= 4 is 17.3 Å². The van der Waals surface area contributed by atoms with E-state index in [1.807, 2.05) is 24.3 Å². The van der Waals surface area contributed by atoms with Crippen LogP contribution in [0.25, 0.3) is 5.57 Å². The van der Waals surface area contributed by atoms with Crippen molar-refractivity contribution in [3.8, 4) is 5.75 Å². The Morgan fingerprint density at radius 2 is 1.84 bits per heavy atom. The first-order chi connectivity index (χ1) is 12.1. The normalized spacial score (nSPS) is 11.9. The first-order valence-corrected chi connectivity index (χ1v) is 7.50. The number of carboxylic acids is 1. The molecule has 130 valence electrons. The van der Waals surface area contributed by atoms with Gasteiger partial charge in [0.2, 0.25) is 0 Å². The zero-order valence-corrected chi connectivity index (χ0v) is 14.0. The number of benzene rings is 2. The van der Waals surface area contributed by atoms with Crippen molar-refractivity contribution in [2.45, 2.75) is 6.42 Å². The van der Waals surface area contributed by atoms with Crippen molar-refractivity contribution in [2.75, 3.05) is 14.2 Å². The lowest BCUT2D eigenvalue weighted by molar-refractivity contribution is -0.130. The molecule has 0 aliphatic carbocycles. The maximum atomic E-state index is 11.5. The molecule has 25 heavy (non-hydrogen) atoms. The van der Waals surface area contributed by atoms with E-state index in [1.165, 1.54) is 7.11 Å². The van der Waals surface area contributed by atoms with Crippen LogP contribution in [0, 0.1) is 0 Å². The van der Waals surface area contributed by atoms with Gasteiger partial charge in [0.1, 0.15) is 11.3 Å². The highest BCUT2D eigenvalue weighted by Gasteiger charge is 2.18. The Balaban J connectivity index is 2.45. The molecule has 6 nitrogen and oxygen atoms in total. The van der Waals surface area contributed by atoms with Crippen molar-refractivity contribution in [1.82, 2.24) is 0 Å².